The molecule has 0 aliphatic heterocycles. The lowest BCUT2D eigenvalue weighted by Gasteiger charge is -2.09. The van der Waals surface area contributed by atoms with Crippen LogP contribution >= 0.6 is 11.8 Å². The molecule has 0 N–H and O–H groups in total. The molecule has 0 saturated carbocycles. The molecule has 0 radical (unpaired) electrons. The summed E-state index contributed by atoms with van der Waals surface area (Å²) in [6, 6.07) is 5.85. The van der Waals surface area contributed by atoms with Gasteiger partial charge in [-0.05, 0) is 35.0 Å². The maximum Gasteiger partial charge on any atom is 0.237 e. The molecule has 8 nitrogen and oxygen atoms in total. The number of aryl methyl sites for hydroxylation is 1. The Kier molecular flexibility index (Phi) is 4.79. The van der Waals surface area contributed by atoms with Crippen molar-refractivity contribution in [3.05, 3.63) is 35.5 Å². The van der Waals surface area contributed by atoms with Crippen molar-refractivity contribution in [2.75, 3.05) is 7.11 Å². The van der Waals surface area contributed by atoms with Crippen molar-refractivity contribution in [3.8, 4) is 11.4 Å². The van der Waals surface area contributed by atoms with Gasteiger partial charge < -0.3 is 9.26 Å². The smallest absolute Gasteiger partial charge is 0.237 e. The fourth-order valence-electron chi connectivity index (χ4n) is 2.07. The van der Waals surface area contributed by atoms with Crippen molar-refractivity contribution < 1.29 is 9.26 Å². The molecule has 2 heterocycles. The molecule has 0 atom stereocenters. The van der Waals surface area contributed by atoms with Gasteiger partial charge in [-0.2, -0.15) is 9.67 Å². The SMILES string of the molecule is COc1ccc(C)cc1-n1nnnc1SCc1nc(C(C)C)no1. The number of rotatable bonds is 6. The third-order valence-electron chi connectivity index (χ3n) is 3.33. The predicted molar refractivity (Wildman–Crippen MR) is 88.4 cm³/mol. The molecule has 3 aromatic rings. The first-order valence-corrected chi connectivity index (χ1v) is 8.45. The lowest BCUT2D eigenvalue weighted by molar-refractivity contribution is 0.382. The van der Waals surface area contributed by atoms with Gasteiger partial charge >= 0.3 is 0 Å². The van der Waals surface area contributed by atoms with E-state index in [0.717, 1.165) is 11.3 Å². The number of thioether (sulfide) groups is 1. The van der Waals surface area contributed by atoms with Gasteiger partial charge in [-0.1, -0.05) is 36.8 Å². The van der Waals surface area contributed by atoms with Gasteiger partial charge in [0, 0.05) is 5.92 Å². The van der Waals surface area contributed by atoms with E-state index < -0.39 is 0 Å². The Bertz CT molecular complexity index is 829. The van der Waals surface area contributed by atoms with Crippen LogP contribution in [0, 0.1) is 6.92 Å². The summed E-state index contributed by atoms with van der Waals surface area (Å²) in [4.78, 5) is 4.36. The summed E-state index contributed by atoms with van der Waals surface area (Å²) < 4.78 is 12.3. The molecule has 1 aromatic carbocycles. The van der Waals surface area contributed by atoms with E-state index in [1.54, 1.807) is 11.8 Å². The Balaban J connectivity index is 1.82. The predicted octanol–water partition coefficient (Wildman–Crippen LogP) is 2.78. The monoisotopic (exact) mass is 346 g/mol. The average molecular weight is 346 g/mol. The van der Waals surface area contributed by atoms with Crippen LogP contribution in [0.4, 0.5) is 0 Å². The molecule has 0 fully saturated rings. The van der Waals surface area contributed by atoms with Gasteiger partial charge in [0.15, 0.2) is 5.82 Å². The molecule has 0 amide bonds. The Labute approximate surface area is 143 Å². The van der Waals surface area contributed by atoms with Crippen LogP contribution in [0.3, 0.4) is 0 Å². The molecule has 0 unspecified atom stereocenters. The third kappa shape index (κ3) is 3.40. The van der Waals surface area contributed by atoms with E-state index in [2.05, 4.69) is 25.7 Å². The molecule has 24 heavy (non-hydrogen) atoms. The maximum atomic E-state index is 5.41. The second kappa shape index (κ2) is 7.00. The molecule has 126 valence electrons. The highest BCUT2D eigenvalue weighted by Gasteiger charge is 2.16. The Morgan fingerprint density at radius 1 is 1.33 bits per heavy atom. The number of methoxy groups -OCH3 is 1. The summed E-state index contributed by atoms with van der Waals surface area (Å²) in [5.74, 6) is 2.68. The Hall–Kier alpha value is -2.42. The zero-order valence-electron chi connectivity index (χ0n) is 13.9. The summed E-state index contributed by atoms with van der Waals surface area (Å²) in [7, 11) is 1.62. The van der Waals surface area contributed by atoms with Crippen molar-refractivity contribution in [2.24, 2.45) is 0 Å². The van der Waals surface area contributed by atoms with Gasteiger partial charge in [0.05, 0.1) is 12.9 Å². The first kappa shape index (κ1) is 16.4. The van der Waals surface area contributed by atoms with Crippen LogP contribution in [0.15, 0.2) is 27.9 Å². The Morgan fingerprint density at radius 2 is 2.17 bits per heavy atom. The van der Waals surface area contributed by atoms with Gasteiger partial charge in [0.2, 0.25) is 11.0 Å². The average Bonchev–Trinajstić information content (AvgIpc) is 3.22. The van der Waals surface area contributed by atoms with E-state index in [1.807, 2.05) is 39.0 Å². The number of hydrogen-bond acceptors (Lipinski definition) is 8. The maximum absolute atomic E-state index is 5.41. The summed E-state index contributed by atoms with van der Waals surface area (Å²) in [6.45, 7) is 6.05. The van der Waals surface area contributed by atoms with E-state index in [-0.39, 0.29) is 5.92 Å². The van der Waals surface area contributed by atoms with Crippen LogP contribution in [0.1, 0.15) is 37.0 Å². The zero-order chi connectivity index (χ0) is 17.1. The second-order valence-electron chi connectivity index (χ2n) is 5.54. The van der Waals surface area contributed by atoms with Crippen LogP contribution in [-0.2, 0) is 5.75 Å². The van der Waals surface area contributed by atoms with Crippen LogP contribution in [0.5, 0.6) is 5.75 Å². The van der Waals surface area contributed by atoms with Crippen molar-refractivity contribution >= 4 is 11.8 Å². The lowest BCUT2D eigenvalue weighted by Crippen LogP contribution is -2.02. The number of nitrogens with zero attached hydrogens (tertiary/aromatic N) is 6. The molecular formula is C15H18N6O2S. The number of benzene rings is 1. The number of hydrogen-bond donors (Lipinski definition) is 0. The van der Waals surface area contributed by atoms with E-state index in [0.29, 0.717) is 28.4 Å². The highest BCUT2D eigenvalue weighted by molar-refractivity contribution is 7.98. The summed E-state index contributed by atoms with van der Waals surface area (Å²) >= 11 is 1.43. The molecule has 0 aliphatic rings. The van der Waals surface area contributed by atoms with E-state index in [9.17, 15) is 0 Å². The van der Waals surface area contributed by atoms with Crippen molar-refractivity contribution in [2.45, 2.75) is 37.6 Å². The van der Waals surface area contributed by atoms with Crippen LogP contribution < -0.4 is 4.74 Å². The molecule has 9 heteroatoms. The molecule has 0 bridgehead atoms. The van der Waals surface area contributed by atoms with Gasteiger partial charge in [0.25, 0.3) is 0 Å². The first-order chi connectivity index (χ1) is 11.6. The van der Waals surface area contributed by atoms with E-state index >= 15 is 0 Å². The largest absolute Gasteiger partial charge is 0.494 e. The minimum Gasteiger partial charge on any atom is -0.494 e. The van der Waals surface area contributed by atoms with Gasteiger partial charge in [-0.3, -0.25) is 0 Å². The fourth-order valence-corrected chi connectivity index (χ4v) is 2.79. The summed E-state index contributed by atoms with van der Waals surface area (Å²) in [5, 5.41) is 16.5. The third-order valence-corrected chi connectivity index (χ3v) is 4.23. The number of tetrazole rings is 1. The normalized spacial score (nSPS) is 11.2. The van der Waals surface area contributed by atoms with Gasteiger partial charge in [0.1, 0.15) is 11.4 Å². The van der Waals surface area contributed by atoms with Crippen LogP contribution in [0.25, 0.3) is 5.69 Å². The highest BCUT2D eigenvalue weighted by atomic mass is 32.2. The first-order valence-electron chi connectivity index (χ1n) is 7.47. The van der Waals surface area contributed by atoms with Crippen molar-refractivity contribution in [1.82, 2.24) is 30.3 Å². The molecule has 2 aromatic heterocycles. The van der Waals surface area contributed by atoms with E-state index in [4.69, 9.17) is 9.26 Å². The number of ether oxygens (including phenoxy) is 1. The van der Waals surface area contributed by atoms with Gasteiger partial charge in [-0.15, -0.1) is 5.10 Å². The molecule has 0 saturated heterocycles. The minimum absolute atomic E-state index is 0.231. The quantitative estimate of drug-likeness (QED) is 0.629. The van der Waals surface area contributed by atoms with Crippen molar-refractivity contribution in [1.29, 1.82) is 0 Å². The fraction of sp³-hybridized carbons (Fsp3) is 0.400. The summed E-state index contributed by atoms with van der Waals surface area (Å²) in [5.41, 5.74) is 1.88. The molecule has 0 spiro atoms. The molecule has 3 rings (SSSR count). The zero-order valence-corrected chi connectivity index (χ0v) is 14.7. The van der Waals surface area contributed by atoms with Gasteiger partial charge in [-0.25, -0.2) is 0 Å². The second-order valence-corrected chi connectivity index (χ2v) is 6.48. The van der Waals surface area contributed by atoms with E-state index in [1.165, 1.54) is 11.8 Å². The summed E-state index contributed by atoms with van der Waals surface area (Å²) in [6.07, 6.45) is 0. The standard InChI is InChI=1S/C15H18N6O2S/c1-9(2)14-16-13(23-18-14)8-24-15-17-19-20-21(15)11-7-10(3)5-6-12(11)22-4/h5-7,9H,8H2,1-4H3. The van der Waals surface area contributed by atoms with Crippen LogP contribution in [-0.4, -0.2) is 37.5 Å². The highest BCUT2D eigenvalue weighted by Crippen LogP contribution is 2.28. The topological polar surface area (TPSA) is 91.8 Å². The van der Waals surface area contributed by atoms with Crippen molar-refractivity contribution in [3.63, 3.8) is 0 Å². The molecular weight excluding hydrogens is 328 g/mol. The Morgan fingerprint density at radius 3 is 2.88 bits per heavy atom. The minimum atomic E-state index is 0.231. The molecule has 0 aliphatic carbocycles. The lowest BCUT2D eigenvalue weighted by atomic mass is 10.2. The van der Waals surface area contributed by atoms with Crippen LogP contribution in [0.2, 0.25) is 0 Å². The number of aromatic nitrogens is 6.